The summed E-state index contributed by atoms with van der Waals surface area (Å²) >= 11 is 0. The lowest BCUT2D eigenvalue weighted by Gasteiger charge is -2.27. The van der Waals surface area contributed by atoms with Crippen molar-refractivity contribution in [3.63, 3.8) is 0 Å². The van der Waals surface area contributed by atoms with Gasteiger partial charge in [-0.1, -0.05) is 11.6 Å². The van der Waals surface area contributed by atoms with Gasteiger partial charge in [0.1, 0.15) is 18.1 Å². The molecule has 5 rings (SSSR count). The number of piperidine rings is 1. The zero-order chi connectivity index (χ0) is 24.2. The SMILES string of the molecule is COc1ccc(C2=NC(COc3ccc(-c4noc(=O)[nH]4)c(C)c3)=C(CN3CCCCC3)C2)cc1. The normalized spacial score (nSPS) is 16.5. The van der Waals surface area contributed by atoms with Crippen LogP contribution in [-0.2, 0) is 0 Å². The number of methoxy groups -OCH3 is 1. The third kappa shape index (κ3) is 5.38. The maximum atomic E-state index is 11.3. The van der Waals surface area contributed by atoms with Gasteiger partial charge >= 0.3 is 5.76 Å². The first-order valence-corrected chi connectivity index (χ1v) is 12.0. The molecule has 2 aliphatic rings. The number of aromatic nitrogens is 2. The summed E-state index contributed by atoms with van der Waals surface area (Å²) in [6, 6.07) is 13.8. The summed E-state index contributed by atoms with van der Waals surface area (Å²) in [7, 11) is 1.68. The van der Waals surface area contributed by atoms with E-state index in [2.05, 4.69) is 31.7 Å². The van der Waals surface area contributed by atoms with Crippen LogP contribution in [0.1, 0.15) is 36.8 Å². The molecule has 182 valence electrons. The van der Waals surface area contributed by atoms with E-state index in [1.54, 1.807) is 7.11 Å². The fraction of sp³-hybridized carbons (Fsp3) is 0.370. The Morgan fingerprint density at radius 2 is 1.83 bits per heavy atom. The van der Waals surface area contributed by atoms with Crippen molar-refractivity contribution in [2.24, 2.45) is 4.99 Å². The fourth-order valence-corrected chi connectivity index (χ4v) is 4.69. The number of nitrogens with one attached hydrogen (secondary N) is 1. The Kier molecular flexibility index (Phi) is 6.81. The number of rotatable bonds is 8. The minimum atomic E-state index is -0.570. The van der Waals surface area contributed by atoms with Crippen molar-refractivity contribution in [3.05, 3.63) is 75.4 Å². The van der Waals surface area contributed by atoms with Crippen molar-refractivity contribution in [1.82, 2.24) is 15.0 Å². The number of likely N-dealkylation sites (tertiary alicyclic amines) is 1. The molecule has 1 saturated heterocycles. The molecular formula is C27H30N4O4. The van der Waals surface area contributed by atoms with Crippen LogP contribution in [0.4, 0.5) is 0 Å². The zero-order valence-electron chi connectivity index (χ0n) is 20.2. The van der Waals surface area contributed by atoms with Crippen LogP contribution in [-0.4, -0.2) is 54.1 Å². The van der Waals surface area contributed by atoms with Crippen molar-refractivity contribution in [2.45, 2.75) is 32.6 Å². The van der Waals surface area contributed by atoms with Gasteiger partial charge in [-0.25, -0.2) is 4.79 Å². The van der Waals surface area contributed by atoms with E-state index in [0.29, 0.717) is 12.4 Å². The molecule has 0 amide bonds. The number of ether oxygens (including phenoxy) is 2. The number of aliphatic imine (C=N–C) groups is 1. The maximum absolute atomic E-state index is 11.3. The van der Waals surface area contributed by atoms with Gasteiger partial charge in [-0.3, -0.25) is 19.4 Å². The van der Waals surface area contributed by atoms with E-state index in [1.165, 1.54) is 24.8 Å². The molecule has 35 heavy (non-hydrogen) atoms. The molecule has 0 bridgehead atoms. The van der Waals surface area contributed by atoms with Gasteiger partial charge in [0.15, 0.2) is 5.82 Å². The van der Waals surface area contributed by atoms with Crippen LogP contribution in [0.5, 0.6) is 11.5 Å². The highest BCUT2D eigenvalue weighted by atomic mass is 16.5. The van der Waals surface area contributed by atoms with E-state index in [4.69, 9.17) is 14.5 Å². The lowest BCUT2D eigenvalue weighted by molar-refractivity contribution is 0.244. The largest absolute Gasteiger partial charge is 0.497 e. The molecule has 1 aromatic heterocycles. The highest BCUT2D eigenvalue weighted by molar-refractivity contribution is 6.04. The number of aromatic amines is 1. The highest BCUT2D eigenvalue weighted by Gasteiger charge is 2.23. The topological polar surface area (TPSA) is 93.0 Å². The Bertz CT molecular complexity index is 1300. The van der Waals surface area contributed by atoms with E-state index in [-0.39, 0.29) is 0 Å². The number of hydrogen-bond acceptors (Lipinski definition) is 7. The van der Waals surface area contributed by atoms with Gasteiger partial charge < -0.3 is 9.47 Å². The second-order valence-corrected chi connectivity index (χ2v) is 9.06. The van der Waals surface area contributed by atoms with Crippen LogP contribution in [0, 0.1) is 6.92 Å². The smallest absolute Gasteiger partial charge is 0.439 e. The number of hydrogen-bond donors (Lipinski definition) is 1. The number of aryl methyl sites for hydroxylation is 1. The molecule has 3 heterocycles. The standard InChI is InChI=1S/C27H30N4O4/c1-18-14-22(10-11-23(18)26-29-27(32)35-30-26)34-17-25-20(16-31-12-4-3-5-13-31)15-24(28-25)19-6-8-21(33-2)9-7-19/h6-11,14H,3-5,12-13,15-17H2,1-2H3,(H,29,30,32). The minimum Gasteiger partial charge on any atom is -0.497 e. The monoisotopic (exact) mass is 474 g/mol. The molecule has 0 atom stereocenters. The summed E-state index contributed by atoms with van der Waals surface area (Å²) in [4.78, 5) is 21.4. The summed E-state index contributed by atoms with van der Waals surface area (Å²) < 4.78 is 16.1. The van der Waals surface area contributed by atoms with Crippen molar-refractivity contribution in [1.29, 1.82) is 0 Å². The molecule has 3 aromatic rings. The van der Waals surface area contributed by atoms with Gasteiger partial charge in [0.25, 0.3) is 0 Å². The van der Waals surface area contributed by atoms with Crippen LogP contribution >= 0.6 is 0 Å². The van der Waals surface area contributed by atoms with E-state index >= 15 is 0 Å². The quantitative estimate of drug-likeness (QED) is 0.522. The van der Waals surface area contributed by atoms with Crippen molar-refractivity contribution < 1.29 is 14.0 Å². The Balaban J connectivity index is 1.34. The summed E-state index contributed by atoms with van der Waals surface area (Å²) in [5, 5.41) is 3.78. The van der Waals surface area contributed by atoms with Gasteiger partial charge in [0.2, 0.25) is 0 Å². The van der Waals surface area contributed by atoms with Gasteiger partial charge in [0.05, 0.1) is 18.5 Å². The van der Waals surface area contributed by atoms with Crippen LogP contribution in [0.15, 0.2) is 68.0 Å². The molecule has 0 spiro atoms. The van der Waals surface area contributed by atoms with Crippen molar-refractivity contribution >= 4 is 5.71 Å². The Labute approximate surface area is 204 Å². The molecular weight excluding hydrogens is 444 g/mol. The Morgan fingerprint density at radius 1 is 1.06 bits per heavy atom. The average Bonchev–Trinajstić information content (AvgIpc) is 3.49. The maximum Gasteiger partial charge on any atom is 0.439 e. The van der Waals surface area contributed by atoms with E-state index < -0.39 is 5.76 Å². The molecule has 2 aromatic carbocycles. The predicted octanol–water partition coefficient (Wildman–Crippen LogP) is 4.36. The zero-order valence-corrected chi connectivity index (χ0v) is 20.2. The summed E-state index contributed by atoms with van der Waals surface area (Å²) in [6.45, 7) is 5.56. The molecule has 1 N–H and O–H groups in total. The van der Waals surface area contributed by atoms with Gasteiger partial charge in [0, 0.05) is 18.5 Å². The van der Waals surface area contributed by atoms with E-state index in [0.717, 1.165) is 65.7 Å². The molecule has 0 unspecified atom stereocenters. The van der Waals surface area contributed by atoms with E-state index in [9.17, 15) is 4.79 Å². The third-order valence-electron chi connectivity index (χ3n) is 6.61. The highest BCUT2D eigenvalue weighted by Crippen LogP contribution is 2.29. The summed E-state index contributed by atoms with van der Waals surface area (Å²) in [5.74, 6) is 1.43. The Morgan fingerprint density at radius 3 is 2.51 bits per heavy atom. The number of benzene rings is 2. The first-order chi connectivity index (χ1) is 17.1. The van der Waals surface area contributed by atoms with Gasteiger partial charge in [-0.2, -0.15) is 0 Å². The minimum absolute atomic E-state index is 0.405. The summed E-state index contributed by atoms with van der Waals surface area (Å²) in [5.41, 5.74) is 6.24. The second-order valence-electron chi connectivity index (χ2n) is 9.06. The van der Waals surface area contributed by atoms with Crippen LogP contribution in [0.2, 0.25) is 0 Å². The predicted molar refractivity (Wildman–Crippen MR) is 134 cm³/mol. The molecule has 0 saturated carbocycles. The number of nitrogens with zero attached hydrogens (tertiary/aromatic N) is 3. The molecule has 8 heteroatoms. The van der Waals surface area contributed by atoms with Gasteiger partial charge in [-0.05, 0) is 92.0 Å². The van der Waals surface area contributed by atoms with Gasteiger partial charge in [-0.15, -0.1) is 0 Å². The lowest BCUT2D eigenvalue weighted by Crippen LogP contribution is -2.32. The molecule has 0 radical (unpaired) electrons. The fourth-order valence-electron chi connectivity index (χ4n) is 4.69. The van der Waals surface area contributed by atoms with Crippen LogP contribution in [0.3, 0.4) is 0 Å². The summed E-state index contributed by atoms with van der Waals surface area (Å²) in [6.07, 6.45) is 4.66. The third-order valence-corrected chi connectivity index (χ3v) is 6.61. The molecule has 8 nitrogen and oxygen atoms in total. The number of H-pyrrole nitrogens is 1. The first-order valence-electron chi connectivity index (χ1n) is 12.0. The lowest BCUT2D eigenvalue weighted by atomic mass is 10.0. The van der Waals surface area contributed by atoms with Crippen LogP contribution < -0.4 is 15.2 Å². The van der Waals surface area contributed by atoms with E-state index in [1.807, 2.05) is 37.3 Å². The van der Waals surface area contributed by atoms with Crippen LogP contribution in [0.25, 0.3) is 11.4 Å². The van der Waals surface area contributed by atoms with Crippen molar-refractivity contribution in [3.8, 4) is 22.9 Å². The second kappa shape index (κ2) is 10.3. The van der Waals surface area contributed by atoms with Crippen molar-refractivity contribution in [2.75, 3.05) is 33.4 Å². The molecule has 0 aliphatic carbocycles. The molecule has 1 fully saturated rings. The average molecular weight is 475 g/mol. The first kappa shape index (κ1) is 23.1. The molecule has 2 aliphatic heterocycles. The Hall–Kier alpha value is -3.65.